The Balaban J connectivity index is 2.06. The first-order valence-corrected chi connectivity index (χ1v) is 4.92. The molecular weight excluding hydrogens is 194 g/mol. The highest BCUT2D eigenvalue weighted by molar-refractivity contribution is 5.63. The summed E-state index contributed by atoms with van der Waals surface area (Å²) in [5.41, 5.74) is 0.742. The van der Waals surface area contributed by atoms with Crippen molar-refractivity contribution in [3.05, 3.63) is 18.7 Å². The molecule has 1 aliphatic heterocycles. The molecule has 6 heteroatoms. The first-order chi connectivity index (χ1) is 7.34. The maximum atomic E-state index is 9.47. The van der Waals surface area contributed by atoms with Gasteiger partial charge in [0.2, 0.25) is 5.65 Å². The van der Waals surface area contributed by atoms with Crippen LogP contribution in [0, 0.1) is 0 Å². The third-order valence-corrected chi connectivity index (χ3v) is 2.66. The molecule has 3 heterocycles. The monoisotopic (exact) mass is 205 g/mol. The highest BCUT2D eigenvalue weighted by Crippen LogP contribution is 2.20. The molecule has 1 aliphatic rings. The average molecular weight is 205 g/mol. The van der Waals surface area contributed by atoms with E-state index in [1.807, 2.05) is 15.5 Å². The zero-order chi connectivity index (χ0) is 10.3. The van der Waals surface area contributed by atoms with Gasteiger partial charge in [-0.1, -0.05) is 0 Å². The predicted octanol–water partition coefficient (Wildman–Crippen LogP) is -0.305. The van der Waals surface area contributed by atoms with E-state index in [1.54, 1.807) is 12.5 Å². The van der Waals surface area contributed by atoms with Crippen molar-refractivity contribution in [1.82, 2.24) is 19.6 Å². The molecule has 2 aromatic rings. The molecule has 0 radical (unpaired) electrons. The summed E-state index contributed by atoms with van der Waals surface area (Å²) in [6.07, 6.45) is 5.71. The van der Waals surface area contributed by atoms with E-state index in [0.717, 1.165) is 24.4 Å². The first kappa shape index (κ1) is 8.60. The number of β-amino-alcohol motifs (C(OH)–C–C–N with tert-alkyl or cyclic N) is 1. The molecule has 3 rings (SSSR count). The van der Waals surface area contributed by atoms with Crippen LogP contribution in [0.2, 0.25) is 0 Å². The fourth-order valence-electron chi connectivity index (χ4n) is 1.90. The predicted molar refractivity (Wildman–Crippen MR) is 53.6 cm³/mol. The maximum Gasteiger partial charge on any atom is 0.203 e. The van der Waals surface area contributed by atoms with Crippen molar-refractivity contribution >= 4 is 11.5 Å². The maximum absolute atomic E-state index is 9.47. The summed E-state index contributed by atoms with van der Waals surface area (Å²) in [4.78, 5) is 6.32. The van der Waals surface area contributed by atoms with Crippen LogP contribution in [0.3, 0.4) is 0 Å². The van der Waals surface area contributed by atoms with Gasteiger partial charge >= 0.3 is 0 Å². The van der Waals surface area contributed by atoms with Gasteiger partial charge in [-0.15, -0.1) is 10.2 Å². The Morgan fingerprint density at radius 2 is 2.40 bits per heavy atom. The van der Waals surface area contributed by atoms with Gasteiger partial charge in [-0.3, -0.25) is 4.40 Å². The summed E-state index contributed by atoms with van der Waals surface area (Å²) in [5.74, 6) is 0.798. The third-order valence-electron chi connectivity index (χ3n) is 2.66. The van der Waals surface area contributed by atoms with E-state index in [-0.39, 0.29) is 6.10 Å². The smallest absolute Gasteiger partial charge is 0.203 e. The lowest BCUT2D eigenvalue weighted by Crippen LogP contribution is -2.22. The number of nitrogens with zero attached hydrogens (tertiary/aromatic N) is 5. The molecule has 1 atom stereocenters. The van der Waals surface area contributed by atoms with Crippen LogP contribution in [0.4, 0.5) is 5.82 Å². The molecule has 0 amide bonds. The van der Waals surface area contributed by atoms with Gasteiger partial charge in [-0.05, 0) is 6.42 Å². The Bertz CT molecular complexity index is 482. The number of aliphatic hydroxyl groups excluding tert-OH is 1. The van der Waals surface area contributed by atoms with Gasteiger partial charge in [0.25, 0.3) is 0 Å². The van der Waals surface area contributed by atoms with Gasteiger partial charge < -0.3 is 10.0 Å². The topological polar surface area (TPSA) is 66.5 Å². The number of hydrogen-bond donors (Lipinski definition) is 1. The van der Waals surface area contributed by atoms with Crippen LogP contribution in [-0.4, -0.2) is 43.9 Å². The van der Waals surface area contributed by atoms with E-state index in [1.165, 1.54) is 0 Å². The van der Waals surface area contributed by atoms with Crippen LogP contribution < -0.4 is 4.90 Å². The second-order valence-electron chi connectivity index (χ2n) is 3.70. The summed E-state index contributed by atoms with van der Waals surface area (Å²) >= 11 is 0. The van der Waals surface area contributed by atoms with E-state index in [9.17, 15) is 5.11 Å². The lowest BCUT2D eigenvalue weighted by Gasteiger charge is -2.16. The lowest BCUT2D eigenvalue weighted by atomic mass is 10.3. The van der Waals surface area contributed by atoms with Crippen molar-refractivity contribution in [2.45, 2.75) is 12.5 Å². The minimum Gasteiger partial charge on any atom is -0.391 e. The van der Waals surface area contributed by atoms with Crippen molar-refractivity contribution < 1.29 is 5.11 Å². The van der Waals surface area contributed by atoms with Crippen LogP contribution in [0.5, 0.6) is 0 Å². The van der Waals surface area contributed by atoms with Crippen LogP contribution in [0.15, 0.2) is 18.7 Å². The standard InChI is InChI=1S/C9H11N5O/c15-7-1-3-13(5-7)8-9-12-11-6-14(9)4-2-10-8/h2,4,6-7,15H,1,3,5H2. The quantitative estimate of drug-likeness (QED) is 0.692. The van der Waals surface area contributed by atoms with Gasteiger partial charge in [0, 0.05) is 25.5 Å². The van der Waals surface area contributed by atoms with E-state index in [0.29, 0.717) is 6.54 Å². The Kier molecular flexibility index (Phi) is 1.81. The number of fused-ring (bicyclic) bond motifs is 1. The van der Waals surface area contributed by atoms with Crippen molar-refractivity contribution in [3.8, 4) is 0 Å². The highest BCUT2D eigenvalue weighted by atomic mass is 16.3. The highest BCUT2D eigenvalue weighted by Gasteiger charge is 2.23. The number of aromatic nitrogens is 4. The van der Waals surface area contributed by atoms with E-state index >= 15 is 0 Å². The summed E-state index contributed by atoms with van der Waals surface area (Å²) in [7, 11) is 0. The Labute approximate surface area is 86.2 Å². The third kappa shape index (κ3) is 1.33. The van der Waals surface area contributed by atoms with Crippen molar-refractivity contribution in [1.29, 1.82) is 0 Å². The Morgan fingerprint density at radius 3 is 3.20 bits per heavy atom. The molecule has 78 valence electrons. The van der Waals surface area contributed by atoms with E-state index < -0.39 is 0 Å². The fourth-order valence-corrected chi connectivity index (χ4v) is 1.90. The van der Waals surface area contributed by atoms with Crippen molar-refractivity contribution in [2.75, 3.05) is 18.0 Å². The minimum atomic E-state index is -0.255. The van der Waals surface area contributed by atoms with E-state index in [2.05, 4.69) is 15.2 Å². The van der Waals surface area contributed by atoms with Crippen LogP contribution in [0.1, 0.15) is 6.42 Å². The summed E-state index contributed by atoms with van der Waals surface area (Å²) in [5, 5.41) is 17.3. The molecule has 0 spiro atoms. The van der Waals surface area contributed by atoms with Crippen LogP contribution in [0.25, 0.3) is 5.65 Å². The Morgan fingerprint density at radius 1 is 1.47 bits per heavy atom. The molecule has 6 nitrogen and oxygen atoms in total. The zero-order valence-corrected chi connectivity index (χ0v) is 8.11. The minimum absolute atomic E-state index is 0.255. The SMILES string of the molecule is OC1CCN(c2nccn3cnnc23)C1. The molecule has 2 aromatic heterocycles. The van der Waals surface area contributed by atoms with Gasteiger partial charge in [0.15, 0.2) is 5.82 Å². The van der Waals surface area contributed by atoms with Gasteiger partial charge in [-0.25, -0.2) is 4.98 Å². The number of rotatable bonds is 1. The van der Waals surface area contributed by atoms with E-state index in [4.69, 9.17) is 0 Å². The molecule has 0 aliphatic carbocycles. The summed E-state index contributed by atoms with van der Waals surface area (Å²) in [6, 6.07) is 0. The normalized spacial score (nSPS) is 21.4. The van der Waals surface area contributed by atoms with Gasteiger partial charge in [-0.2, -0.15) is 0 Å². The number of anilines is 1. The molecule has 1 saturated heterocycles. The molecule has 0 aromatic carbocycles. The molecule has 15 heavy (non-hydrogen) atoms. The summed E-state index contributed by atoms with van der Waals surface area (Å²) < 4.78 is 1.83. The molecule has 0 bridgehead atoms. The largest absolute Gasteiger partial charge is 0.391 e. The van der Waals surface area contributed by atoms with Gasteiger partial charge in [0.05, 0.1) is 6.10 Å². The summed E-state index contributed by atoms with van der Waals surface area (Å²) in [6.45, 7) is 1.44. The number of hydrogen-bond acceptors (Lipinski definition) is 5. The van der Waals surface area contributed by atoms with Crippen LogP contribution in [-0.2, 0) is 0 Å². The Hall–Kier alpha value is -1.69. The second-order valence-corrected chi connectivity index (χ2v) is 3.70. The lowest BCUT2D eigenvalue weighted by molar-refractivity contribution is 0.198. The molecule has 0 saturated carbocycles. The number of aliphatic hydroxyl groups is 1. The van der Waals surface area contributed by atoms with Crippen molar-refractivity contribution in [3.63, 3.8) is 0 Å². The second kappa shape index (κ2) is 3.16. The van der Waals surface area contributed by atoms with Crippen molar-refractivity contribution in [2.24, 2.45) is 0 Å². The molecule has 1 fully saturated rings. The average Bonchev–Trinajstić information content (AvgIpc) is 2.84. The molecule has 1 N–H and O–H groups in total. The fraction of sp³-hybridized carbons (Fsp3) is 0.444. The molecular formula is C9H11N5O. The first-order valence-electron chi connectivity index (χ1n) is 4.92. The zero-order valence-electron chi connectivity index (χ0n) is 8.11. The molecule has 1 unspecified atom stereocenters. The van der Waals surface area contributed by atoms with Gasteiger partial charge in [0.1, 0.15) is 6.33 Å². The van der Waals surface area contributed by atoms with Crippen LogP contribution >= 0.6 is 0 Å².